The van der Waals surface area contributed by atoms with Crippen LogP contribution < -0.4 is 9.47 Å². The van der Waals surface area contributed by atoms with Crippen molar-refractivity contribution in [2.45, 2.75) is 23.6 Å². The molecule has 0 bridgehead atoms. The van der Waals surface area contributed by atoms with E-state index in [4.69, 9.17) is 9.47 Å². The first-order chi connectivity index (χ1) is 15.0. The number of benzene rings is 2. The fourth-order valence-electron chi connectivity index (χ4n) is 3.73. The van der Waals surface area contributed by atoms with Gasteiger partial charge < -0.3 is 14.4 Å². The first-order valence-electron chi connectivity index (χ1n) is 10.3. The predicted molar refractivity (Wildman–Crippen MR) is 118 cm³/mol. The van der Waals surface area contributed by atoms with Gasteiger partial charge in [-0.3, -0.25) is 19.8 Å². The van der Waals surface area contributed by atoms with Crippen LogP contribution in [0.1, 0.15) is 12.5 Å². The van der Waals surface area contributed by atoms with Crippen molar-refractivity contribution in [2.24, 2.45) is 0 Å². The maximum absolute atomic E-state index is 12.9. The third kappa shape index (κ3) is 5.29. The van der Waals surface area contributed by atoms with Gasteiger partial charge in [0.1, 0.15) is 13.2 Å². The van der Waals surface area contributed by atoms with Crippen LogP contribution in [0, 0.1) is 10.1 Å². The molecule has 0 saturated carbocycles. The number of amides is 1. The molecule has 2 heterocycles. The topological polar surface area (TPSA) is 85.2 Å². The second-order valence-electron chi connectivity index (χ2n) is 7.59. The first-order valence-corrected chi connectivity index (χ1v) is 11.2. The van der Waals surface area contributed by atoms with Gasteiger partial charge in [-0.1, -0.05) is 6.07 Å². The van der Waals surface area contributed by atoms with E-state index in [0.29, 0.717) is 26.3 Å². The molecule has 0 N–H and O–H groups in total. The fourth-order valence-corrected chi connectivity index (χ4v) is 4.68. The normalized spacial score (nSPS) is 17.3. The van der Waals surface area contributed by atoms with E-state index < -0.39 is 4.92 Å². The Morgan fingerprint density at radius 1 is 1.06 bits per heavy atom. The van der Waals surface area contributed by atoms with Crippen molar-refractivity contribution in [3.05, 3.63) is 58.1 Å². The van der Waals surface area contributed by atoms with Crippen LogP contribution in [0.15, 0.2) is 47.4 Å². The quantitative estimate of drug-likeness (QED) is 0.385. The monoisotopic (exact) mass is 443 g/mol. The van der Waals surface area contributed by atoms with E-state index in [0.717, 1.165) is 36.0 Å². The molecular weight excluding hydrogens is 418 g/mol. The molecular formula is C22H25N3O5S. The average molecular weight is 444 g/mol. The molecule has 1 amide bonds. The molecule has 0 aromatic heterocycles. The molecule has 1 atom stereocenters. The number of thioether (sulfide) groups is 1. The van der Waals surface area contributed by atoms with Crippen LogP contribution in [0.25, 0.3) is 0 Å². The van der Waals surface area contributed by atoms with Crippen LogP contribution >= 0.6 is 11.8 Å². The Morgan fingerprint density at radius 2 is 1.74 bits per heavy atom. The molecule has 2 aliphatic rings. The Hall–Kier alpha value is -2.78. The first kappa shape index (κ1) is 21.5. The fraction of sp³-hybridized carbons (Fsp3) is 0.409. The van der Waals surface area contributed by atoms with Crippen LogP contribution in [-0.2, 0) is 11.3 Å². The zero-order chi connectivity index (χ0) is 21.8. The molecule has 9 heteroatoms. The van der Waals surface area contributed by atoms with E-state index >= 15 is 0 Å². The number of rotatable bonds is 6. The molecule has 1 unspecified atom stereocenters. The lowest BCUT2D eigenvalue weighted by Gasteiger charge is -2.36. The smallest absolute Gasteiger partial charge is 0.269 e. The minimum absolute atomic E-state index is 0.0532. The van der Waals surface area contributed by atoms with Gasteiger partial charge >= 0.3 is 0 Å². The van der Waals surface area contributed by atoms with E-state index in [1.54, 1.807) is 12.1 Å². The zero-order valence-corrected chi connectivity index (χ0v) is 18.2. The Labute approximate surface area is 185 Å². The third-order valence-electron chi connectivity index (χ3n) is 5.40. The summed E-state index contributed by atoms with van der Waals surface area (Å²) in [4.78, 5) is 28.3. The van der Waals surface area contributed by atoms with Crippen LogP contribution in [0.2, 0.25) is 0 Å². The Bertz CT molecular complexity index is 945. The molecule has 2 aliphatic heterocycles. The van der Waals surface area contributed by atoms with Gasteiger partial charge in [0.05, 0.1) is 10.2 Å². The summed E-state index contributed by atoms with van der Waals surface area (Å²) in [5.74, 6) is 1.70. The highest BCUT2D eigenvalue weighted by Crippen LogP contribution is 2.31. The minimum Gasteiger partial charge on any atom is -0.486 e. The van der Waals surface area contributed by atoms with Gasteiger partial charge in [0, 0.05) is 49.8 Å². The van der Waals surface area contributed by atoms with E-state index in [2.05, 4.69) is 11.0 Å². The van der Waals surface area contributed by atoms with E-state index in [1.807, 2.05) is 24.0 Å². The van der Waals surface area contributed by atoms with E-state index in [9.17, 15) is 14.9 Å². The van der Waals surface area contributed by atoms with Gasteiger partial charge in [-0.15, -0.1) is 11.8 Å². The molecule has 2 aromatic rings. The number of fused-ring (bicyclic) bond motifs is 1. The zero-order valence-electron chi connectivity index (χ0n) is 17.4. The highest BCUT2D eigenvalue weighted by molar-refractivity contribution is 8.00. The summed E-state index contributed by atoms with van der Waals surface area (Å²) in [7, 11) is 0. The van der Waals surface area contributed by atoms with Crippen molar-refractivity contribution in [3.8, 4) is 11.5 Å². The molecule has 164 valence electrons. The van der Waals surface area contributed by atoms with Crippen molar-refractivity contribution in [1.82, 2.24) is 9.80 Å². The van der Waals surface area contributed by atoms with Crippen molar-refractivity contribution < 1.29 is 19.2 Å². The maximum Gasteiger partial charge on any atom is 0.269 e. The van der Waals surface area contributed by atoms with Gasteiger partial charge in [-0.05, 0) is 36.8 Å². The number of piperazine rings is 1. The van der Waals surface area contributed by atoms with Gasteiger partial charge in [0.2, 0.25) is 5.91 Å². The van der Waals surface area contributed by atoms with Crippen molar-refractivity contribution in [2.75, 3.05) is 39.4 Å². The van der Waals surface area contributed by atoms with Crippen LogP contribution in [0.5, 0.6) is 11.5 Å². The molecule has 1 fully saturated rings. The molecule has 4 rings (SSSR count). The van der Waals surface area contributed by atoms with Gasteiger partial charge in [-0.25, -0.2) is 0 Å². The SMILES string of the molecule is CC(Sc1ccc([N+](=O)[O-])cc1)C(=O)N1CCN(Cc2ccc3c(c2)OCCO3)CC1. The highest BCUT2D eigenvalue weighted by Gasteiger charge is 2.26. The molecule has 0 aliphatic carbocycles. The minimum atomic E-state index is -0.423. The molecule has 0 spiro atoms. The van der Waals surface area contributed by atoms with E-state index in [1.165, 1.54) is 29.5 Å². The third-order valence-corrected chi connectivity index (χ3v) is 6.50. The lowest BCUT2D eigenvalue weighted by Crippen LogP contribution is -2.50. The average Bonchev–Trinajstić information content (AvgIpc) is 2.79. The Balaban J connectivity index is 1.27. The summed E-state index contributed by atoms with van der Waals surface area (Å²) in [6.07, 6.45) is 0. The summed E-state index contributed by atoms with van der Waals surface area (Å²) in [5, 5.41) is 10.5. The van der Waals surface area contributed by atoms with Gasteiger partial charge in [0.15, 0.2) is 11.5 Å². The largest absolute Gasteiger partial charge is 0.486 e. The number of nitro benzene ring substituents is 1. The van der Waals surface area contributed by atoms with Gasteiger partial charge in [0.25, 0.3) is 5.69 Å². The molecule has 2 aromatic carbocycles. The summed E-state index contributed by atoms with van der Waals surface area (Å²) < 4.78 is 11.2. The number of carbonyl (C=O) groups is 1. The second kappa shape index (κ2) is 9.57. The summed E-state index contributed by atoms with van der Waals surface area (Å²) >= 11 is 1.43. The number of non-ortho nitro benzene ring substituents is 1. The molecule has 0 radical (unpaired) electrons. The Morgan fingerprint density at radius 3 is 2.42 bits per heavy atom. The maximum atomic E-state index is 12.9. The molecule has 31 heavy (non-hydrogen) atoms. The number of hydrogen-bond acceptors (Lipinski definition) is 7. The van der Waals surface area contributed by atoms with Gasteiger partial charge in [-0.2, -0.15) is 0 Å². The van der Waals surface area contributed by atoms with Crippen molar-refractivity contribution in [1.29, 1.82) is 0 Å². The summed E-state index contributed by atoms with van der Waals surface area (Å²) in [5.41, 5.74) is 1.23. The number of nitro groups is 1. The second-order valence-corrected chi connectivity index (χ2v) is 9.00. The van der Waals surface area contributed by atoms with Crippen LogP contribution in [0.3, 0.4) is 0 Å². The number of nitrogens with zero attached hydrogens (tertiary/aromatic N) is 3. The highest BCUT2D eigenvalue weighted by atomic mass is 32.2. The predicted octanol–water partition coefficient (Wildman–Crippen LogP) is 3.19. The number of hydrogen-bond donors (Lipinski definition) is 0. The number of ether oxygens (including phenoxy) is 2. The summed E-state index contributed by atoms with van der Waals surface area (Å²) in [6.45, 7) is 6.87. The molecule has 1 saturated heterocycles. The number of carbonyl (C=O) groups excluding carboxylic acids is 1. The lowest BCUT2D eigenvalue weighted by atomic mass is 10.1. The van der Waals surface area contributed by atoms with Crippen LogP contribution in [-0.4, -0.2) is 65.3 Å². The molecule has 8 nitrogen and oxygen atoms in total. The summed E-state index contributed by atoms with van der Waals surface area (Å²) in [6, 6.07) is 12.4. The standard InChI is InChI=1S/C22H25N3O5S/c1-16(31-19-5-3-18(4-6-19)25(27)28)22(26)24-10-8-23(9-11-24)15-17-2-7-20-21(14-17)30-13-12-29-20/h2-7,14,16H,8-13,15H2,1H3. The van der Waals surface area contributed by atoms with Crippen molar-refractivity contribution in [3.63, 3.8) is 0 Å². The van der Waals surface area contributed by atoms with Crippen molar-refractivity contribution >= 4 is 23.4 Å². The Kier molecular flexibility index (Phi) is 6.62. The van der Waals surface area contributed by atoms with E-state index in [-0.39, 0.29) is 16.8 Å². The lowest BCUT2D eigenvalue weighted by molar-refractivity contribution is -0.384. The van der Waals surface area contributed by atoms with Crippen LogP contribution in [0.4, 0.5) is 5.69 Å².